The van der Waals surface area contributed by atoms with Gasteiger partial charge >= 0.3 is 0 Å². The van der Waals surface area contributed by atoms with E-state index in [1.807, 2.05) is 26.0 Å². The van der Waals surface area contributed by atoms with Crippen molar-refractivity contribution in [3.8, 4) is 5.75 Å². The van der Waals surface area contributed by atoms with Gasteiger partial charge < -0.3 is 14.8 Å². The first-order chi connectivity index (χ1) is 10.8. The molecule has 2 aromatic rings. The molecule has 1 heterocycles. The molecule has 1 aromatic heterocycles. The summed E-state index contributed by atoms with van der Waals surface area (Å²) in [6.07, 6.45) is -0.578. The minimum absolute atomic E-state index is 0.0626. The highest BCUT2D eigenvalue weighted by Gasteiger charge is 2.19. The number of aromatic amines is 1. The van der Waals surface area contributed by atoms with Gasteiger partial charge in [0.1, 0.15) is 18.2 Å². The third-order valence-electron chi connectivity index (χ3n) is 3.33. The molecule has 23 heavy (non-hydrogen) atoms. The molecule has 5 nitrogen and oxygen atoms in total. The fourth-order valence-electron chi connectivity index (χ4n) is 2.01. The number of aliphatic hydroxyl groups is 1. The normalized spacial score (nSPS) is 13.1. The zero-order valence-electron chi connectivity index (χ0n) is 14.3. The van der Waals surface area contributed by atoms with E-state index in [4.69, 9.17) is 4.74 Å². The summed E-state index contributed by atoms with van der Waals surface area (Å²) in [5.74, 6) is 2.16. The standard InChI is InChI=1S/C17H24N3O2S/c1-11-7-6-8-12(2)14(11)22-9-13(21)10-23-16-18-15(19-20-16)17(3,4)5/h7-8,13,21H,9-10H2,1-5H3,(H,18,19,20). The minimum Gasteiger partial charge on any atom is -0.490 e. The summed E-state index contributed by atoms with van der Waals surface area (Å²) in [7, 11) is 0. The summed E-state index contributed by atoms with van der Waals surface area (Å²) in [5, 5.41) is 19.1. The van der Waals surface area contributed by atoms with E-state index in [2.05, 4.69) is 42.0 Å². The second-order valence-corrected chi connectivity index (χ2v) is 7.66. The Hall–Kier alpha value is -1.53. The van der Waals surface area contributed by atoms with Crippen molar-refractivity contribution >= 4 is 11.8 Å². The lowest BCUT2D eigenvalue weighted by Crippen LogP contribution is -2.20. The van der Waals surface area contributed by atoms with E-state index >= 15 is 0 Å². The lowest BCUT2D eigenvalue weighted by molar-refractivity contribution is 0.125. The van der Waals surface area contributed by atoms with Crippen molar-refractivity contribution in [1.82, 2.24) is 15.2 Å². The zero-order valence-corrected chi connectivity index (χ0v) is 15.1. The molecule has 2 N–H and O–H groups in total. The topological polar surface area (TPSA) is 71.0 Å². The fraction of sp³-hybridized carbons (Fsp3) is 0.529. The first kappa shape index (κ1) is 17.8. The molecule has 0 amide bonds. The van der Waals surface area contributed by atoms with Gasteiger partial charge in [-0.15, -0.1) is 10.2 Å². The second kappa shape index (κ2) is 7.36. The number of benzene rings is 1. The second-order valence-electron chi connectivity index (χ2n) is 6.66. The Kier molecular flexibility index (Phi) is 5.70. The first-order valence-corrected chi connectivity index (χ1v) is 8.60. The Balaban J connectivity index is 1.84. The van der Waals surface area contributed by atoms with Crippen molar-refractivity contribution < 1.29 is 9.84 Å². The summed E-state index contributed by atoms with van der Waals surface area (Å²) in [6, 6.07) is 6.81. The predicted molar refractivity (Wildman–Crippen MR) is 92.1 cm³/mol. The number of aromatic nitrogens is 3. The van der Waals surface area contributed by atoms with Gasteiger partial charge in [0.25, 0.3) is 0 Å². The molecular formula is C17H24N3O2S. The Morgan fingerprint density at radius 3 is 2.48 bits per heavy atom. The van der Waals surface area contributed by atoms with Crippen LogP contribution in [-0.4, -0.2) is 38.8 Å². The maximum atomic E-state index is 10.1. The molecule has 0 aliphatic heterocycles. The highest BCUT2D eigenvalue weighted by Crippen LogP contribution is 2.23. The van der Waals surface area contributed by atoms with E-state index in [0.29, 0.717) is 5.75 Å². The lowest BCUT2D eigenvalue weighted by atomic mass is 9.96. The summed E-state index contributed by atoms with van der Waals surface area (Å²) in [5.41, 5.74) is 1.98. The number of aliphatic hydroxyl groups excluding tert-OH is 1. The van der Waals surface area contributed by atoms with E-state index in [1.165, 1.54) is 11.8 Å². The van der Waals surface area contributed by atoms with Crippen molar-refractivity contribution in [2.45, 2.75) is 51.3 Å². The van der Waals surface area contributed by atoms with Gasteiger partial charge in [0, 0.05) is 11.2 Å². The van der Waals surface area contributed by atoms with Crippen LogP contribution in [0.3, 0.4) is 0 Å². The number of rotatable bonds is 6. The summed E-state index contributed by atoms with van der Waals surface area (Å²) in [4.78, 5) is 3.19. The van der Waals surface area contributed by atoms with Crippen LogP contribution in [0.25, 0.3) is 0 Å². The zero-order chi connectivity index (χ0) is 17.0. The molecule has 2 rings (SSSR count). The Morgan fingerprint density at radius 1 is 1.26 bits per heavy atom. The van der Waals surface area contributed by atoms with E-state index in [9.17, 15) is 5.11 Å². The number of nitrogens with zero attached hydrogens (tertiary/aromatic N) is 2. The van der Waals surface area contributed by atoms with Gasteiger partial charge in [0.15, 0.2) is 5.16 Å². The number of aryl methyl sites for hydroxylation is 2. The average molecular weight is 334 g/mol. The average Bonchev–Trinajstić information content (AvgIpc) is 2.93. The summed E-state index contributed by atoms with van der Waals surface area (Å²) in [6.45, 7) is 10.4. The monoisotopic (exact) mass is 334 g/mol. The molecule has 1 atom stereocenters. The maximum Gasteiger partial charge on any atom is 0.188 e. The van der Waals surface area contributed by atoms with Crippen molar-refractivity contribution in [2.75, 3.05) is 12.4 Å². The van der Waals surface area contributed by atoms with E-state index < -0.39 is 6.10 Å². The van der Waals surface area contributed by atoms with Gasteiger partial charge in [-0.1, -0.05) is 32.5 Å². The van der Waals surface area contributed by atoms with Crippen molar-refractivity contribution in [3.63, 3.8) is 0 Å². The Morgan fingerprint density at radius 2 is 1.91 bits per heavy atom. The molecule has 0 fully saturated rings. The highest BCUT2D eigenvalue weighted by atomic mass is 32.2. The number of ether oxygens (including phenoxy) is 1. The highest BCUT2D eigenvalue weighted by molar-refractivity contribution is 7.99. The van der Waals surface area contributed by atoms with Crippen LogP contribution in [0.4, 0.5) is 0 Å². The third-order valence-corrected chi connectivity index (χ3v) is 4.33. The smallest absolute Gasteiger partial charge is 0.188 e. The van der Waals surface area contributed by atoms with Crippen LogP contribution in [0.2, 0.25) is 0 Å². The lowest BCUT2D eigenvalue weighted by Gasteiger charge is -2.15. The number of thioether (sulfide) groups is 1. The molecule has 0 saturated heterocycles. The molecule has 0 aliphatic carbocycles. The van der Waals surface area contributed by atoms with Crippen LogP contribution in [-0.2, 0) is 5.41 Å². The van der Waals surface area contributed by atoms with E-state index in [-0.39, 0.29) is 12.0 Å². The number of H-pyrrole nitrogens is 1. The molecule has 1 unspecified atom stereocenters. The maximum absolute atomic E-state index is 10.1. The van der Waals surface area contributed by atoms with Crippen molar-refractivity contribution in [3.05, 3.63) is 35.2 Å². The molecule has 0 spiro atoms. The predicted octanol–water partition coefficient (Wildman–Crippen LogP) is 3.05. The van der Waals surface area contributed by atoms with Crippen molar-refractivity contribution in [2.24, 2.45) is 0 Å². The van der Waals surface area contributed by atoms with Crippen LogP contribution in [0.1, 0.15) is 37.7 Å². The van der Waals surface area contributed by atoms with Gasteiger partial charge in [0.2, 0.25) is 0 Å². The first-order valence-electron chi connectivity index (χ1n) is 7.61. The molecule has 6 heteroatoms. The van der Waals surface area contributed by atoms with Crippen molar-refractivity contribution in [1.29, 1.82) is 0 Å². The minimum atomic E-state index is -0.578. The van der Waals surface area contributed by atoms with Crippen LogP contribution in [0.5, 0.6) is 5.75 Å². The SMILES string of the molecule is Cc1c[c]cc(C)c1OCC(O)CSc1nnc(C(C)(C)C)[nH]1. The number of hydrogen-bond donors (Lipinski definition) is 2. The molecule has 125 valence electrons. The number of nitrogens with one attached hydrogen (secondary N) is 1. The summed E-state index contributed by atoms with van der Waals surface area (Å²) >= 11 is 1.44. The molecule has 1 aromatic carbocycles. The Labute approximate surface area is 141 Å². The van der Waals surface area contributed by atoms with Gasteiger partial charge in [0.05, 0.1) is 6.10 Å². The molecule has 0 aliphatic rings. The third kappa shape index (κ3) is 4.97. The quantitative estimate of drug-likeness (QED) is 0.795. The van der Waals surface area contributed by atoms with Crippen LogP contribution in [0.15, 0.2) is 17.3 Å². The van der Waals surface area contributed by atoms with Crippen LogP contribution < -0.4 is 4.74 Å². The number of hydrogen-bond acceptors (Lipinski definition) is 5. The Bertz CT molecular complexity index is 629. The van der Waals surface area contributed by atoms with E-state index in [1.54, 1.807) is 0 Å². The molecular weight excluding hydrogens is 310 g/mol. The van der Waals surface area contributed by atoms with Gasteiger partial charge in [-0.3, -0.25) is 0 Å². The van der Waals surface area contributed by atoms with Gasteiger partial charge in [-0.25, -0.2) is 0 Å². The fourth-order valence-corrected chi connectivity index (χ4v) is 2.73. The molecule has 0 bridgehead atoms. The van der Waals surface area contributed by atoms with Crippen LogP contribution in [0, 0.1) is 19.9 Å². The summed E-state index contributed by atoms with van der Waals surface area (Å²) < 4.78 is 5.75. The van der Waals surface area contributed by atoms with E-state index in [0.717, 1.165) is 27.9 Å². The van der Waals surface area contributed by atoms with Gasteiger partial charge in [-0.05, 0) is 43.2 Å². The van der Waals surface area contributed by atoms with Gasteiger partial charge in [-0.2, -0.15) is 0 Å². The largest absolute Gasteiger partial charge is 0.490 e. The molecule has 1 radical (unpaired) electrons. The van der Waals surface area contributed by atoms with Crippen LogP contribution >= 0.6 is 11.8 Å². The molecule has 0 saturated carbocycles.